The molecule has 2 heteroatoms. The van der Waals surface area contributed by atoms with Crippen molar-refractivity contribution in [1.82, 2.24) is 0 Å². The Labute approximate surface area is 129 Å². The monoisotopic (exact) mass is 288 g/mol. The molecule has 0 aliphatic carbocycles. The van der Waals surface area contributed by atoms with Crippen molar-refractivity contribution >= 4 is 33.1 Å². The van der Waals surface area contributed by atoms with Gasteiger partial charge in [-0.15, -0.1) is 0 Å². The van der Waals surface area contributed by atoms with Crippen LogP contribution in [-0.2, 0) is 16.0 Å². The Morgan fingerprint density at radius 3 is 2.36 bits per heavy atom. The summed E-state index contributed by atoms with van der Waals surface area (Å²) in [5.41, 5.74) is 1.04. The van der Waals surface area contributed by atoms with Crippen LogP contribution in [0.5, 0.6) is 0 Å². The third-order valence-corrected chi connectivity index (χ3v) is 4.15. The number of ketones is 2. The first kappa shape index (κ1) is 14.3. The van der Waals surface area contributed by atoms with Gasteiger partial charge in [0.1, 0.15) is 11.6 Å². The summed E-state index contributed by atoms with van der Waals surface area (Å²) in [6.07, 6.45) is 0.431. The molecule has 0 fully saturated rings. The van der Waals surface area contributed by atoms with Crippen LogP contribution in [-0.4, -0.2) is 11.6 Å². The van der Waals surface area contributed by atoms with Crippen molar-refractivity contribution in [3.63, 3.8) is 0 Å². The van der Waals surface area contributed by atoms with Crippen LogP contribution in [0.1, 0.15) is 19.4 Å². The van der Waals surface area contributed by atoms with Gasteiger partial charge in [-0.05, 0) is 65.6 Å². The van der Waals surface area contributed by atoms with Crippen LogP contribution in [0.4, 0.5) is 0 Å². The summed E-state index contributed by atoms with van der Waals surface area (Å²) in [6.45, 7) is 2.97. The molecule has 0 radical (unpaired) electrons. The Balaban J connectivity index is 2.28. The van der Waals surface area contributed by atoms with Gasteiger partial charge < -0.3 is 0 Å². The predicted octanol–water partition coefficient (Wildman–Crippen LogP) is 3.93. The number of fused-ring (bicyclic) bond motifs is 2. The minimum Gasteiger partial charge on any atom is -0.299 e. The molecule has 0 amide bonds. The molecule has 0 heterocycles. The highest BCUT2D eigenvalue weighted by atomic mass is 16.1. The van der Waals surface area contributed by atoms with E-state index >= 15 is 0 Å². The van der Waals surface area contributed by atoms with E-state index in [0.29, 0.717) is 6.42 Å². The lowest BCUT2D eigenvalue weighted by Crippen LogP contribution is -2.22. The van der Waals surface area contributed by atoms with E-state index < -0.39 is 5.92 Å². The highest BCUT2D eigenvalue weighted by molar-refractivity contribution is 6.05. The predicted molar refractivity (Wildman–Crippen MR) is 87.7 cm³/mol. The van der Waals surface area contributed by atoms with Crippen LogP contribution in [0.25, 0.3) is 21.5 Å². The van der Waals surface area contributed by atoms with E-state index in [1.54, 1.807) is 0 Å². The molecule has 0 saturated carbocycles. The van der Waals surface area contributed by atoms with Crippen molar-refractivity contribution in [2.45, 2.75) is 20.3 Å². The first-order valence-electron chi connectivity index (χ1n) is 7.31. The Hall–Kier alpha value is -2.66. The second-order valence-corrected chi connectivity index (χ2v) is 5.63. The average molecular weight is 288 g/mol. The van der Waals surface area contributed by atoms with Gasteiger partial charge in [0.2, 0.25) is 0 Å². The molecule has 0 aliphatic heterocycles. The van der Waals surface area contributed by atoms with E-state index in [1.807, 2.05) is 36.4 Å². The lowest BCUT2D eigenvalue weighted by atomic mass is 9.87. The molecule has 108 valence electrons. The number of rotatable bonds is 4. The third kappa shape index (κ3) is 2.46. The maximum Gasteiger partial charge on any atom is 0.140 e. The van der Waals surface area contributed by atoms with Crippen molar-refractivity contribution in [3.05, 3.63) is 60.2 Å². The molecule has 0 bridgehead atoms. The smallest absolute Gasteiger partial charge is 0.140 e. The van der Waals surface area contributed by atoms with Crippen molar-refractivity contribution in [3.8, 4) is 0 Å². The molecule has 3 aromatic rings. The fourth-order valence-corrected chi connectivity index (χ4v) is 2.98. The lowest BCUT2D eigenvalue weighted by molar-refractivity contribution is -0.130. The quantitative estimate of drug-likeness (QED) is 0.682. The van der Waals surface area contributed by atoms with E-state index in [1.165, 1.54) is 13.8 Å². The molecule has 3 rings (SSSR count). The molecule has 0 aromatic heterocycles. The zero-order chi connectivity index (χ0) is 15.7. The van der Waals surface area contributed by atoms with E-state index in [2.05, 4.69) is 18.2 Å². The van der Waals surface area contributed by atoms with Gasteiger partial charge in [0.15, 0.2) is 0 Å². The van der Waals surface area contributed by atoms with E-state index in [-0.39, 0.29) is 11.6 Å². The number of carbonyl (C=O) groups excluding carboxylic acids is 2. The third-order valence-electron chi connectivity index (χ3n) is 4.15. The molecule has 0 spiro atoms. The Kier molecular flexibility index (Phi) is 3.65. The number of benzene rings is 2. The number of hydrogen-bond acceptors (Lipinski definition) is 2. The fraction of sp³-hybridized carbons (Fsp3) is 0.200. The van der Waals surface area contributed by atoms with Crippen LogP contribution in [0.15, 0.2) is 42.5 Å². The molecule has 2 nitrogen and oxygen atoms in total. The summed E-state index contributed by atoms with van der Waals surface area (Å²) in [5.74, 6) is -0.752. The summed E-state index contributed by atoms with van der Waals surface area (Å²) in [4.78, 5) is 23.7. The molecular weight excluding hydrogens is 272 g/mol. The van der Waals surface area contributed by atoms with Crippen molar-refractivity contribution in [2.75, 3.05) is 0 Å². The SMILES string of the molecule is CC(=O)C(Cc1c2cc#ccc2cc2ccccc12)C(C)=O. The van der Waals surface area contributed by atoms with Gasteiger partial charge in [-0.25, -0.2) is 0 Å². The second-order valence-electron chi connectivity index (χ2n) is 5.63. The molecule has 22 heavy (non-hydrogen) atoms. The van der Waals surface area contributed by atoms with Crippen molar-refractivity contribution in [2.24, 2.45) is 5.92 Å². The molecule has 0 aliphatic rings. The van der Waals surface area contributed by atoms with Crippen LogP contribution < -0.4 is 0 Å². The minimum absolute atomic E-state index is 0.0833. The molecule has 0 unspecified atom stereocenters. The number of Topliss-reactive ketones (excluding diaryl/α,β-unsaturated/α-hetero) is 2. The highest BCUT2D eigenvalue weighted by Crippen LogP contribution is 2.30. The summed E-state index contributed by atoms with van der Waals surface area (Å²) >= 11 is 0. The first-order valence-corrected chi connectivity index (χ1v) is 7.31. The number of hydrogen-bond donors (Lipinski definition) is 0. The van der Waals surface area contributed by atoms with E-state index in [0.717, 1.165) is 27.1 Å². The topological polar surface area (TPSA) is 34.1 Å². The van der Waals surface area contributed by atoms with Gasteiger partial charge in [0, 0.05) is 0 Å². The van der Waals surface area contributed by atoms with Crippen LogP contribution in [0.3, 0.4) is 0 Å². The maximum atomic E-state index is 11.8. The van der Waals surface area contributed by atoms with E-state index in [9.17, 15) is 9.59 Å². The molecule has 0 saturated heterocycles. The van der Waals surface area contributed by atoms with Gasteiger partial charge in [-0.2, -0.15) is 0 Å². The second kappa shape index (κ2) is 5.61. The molecule has 0 N–H and O–H groups in total. The fourth-order valence-electron chi connectivity index (χ4n) is 2.98. The van der Waals surface area contributed by atoms with Crippen LogP contribution >= 0.6 is 0 Å². The minimum atomic E-state index is -0.585. The van der Waals surface area contributed by atoms with Gasteiger partial charge in [0.05, 0.1) is 5.92 Å². The Bertz CT molecular complexity index is 809. The summed E-state index contributed by atoms with van der Waals surface area (Å²) < 4.78 is 0. The zero-order valence-electron chi connectivity index (χ0n) is 12.6. The summed E-state index contributed by atoms with van der Waals surface area (Å²) in [7, 11) is 0. The first-order chi connectivity index (χ1) is 10.6. The largest absolute Gasteiger partial charge is 0.299 e. The Morgan fingerprint density at radius 1 is 0.955 bits per heavy atom. The van der Waals surface area contributed by atoms with Gasteiger partial charge in [-0.1, -0.05) is 36.4 Å². The zero-order valence-corrected chi connectivity index (χ0v) is 12.6. The van der Waals surface area contributed by atoms with Crippen molar-refractivity contribution in [1.29, 1.82) is 0 Å². The normalized spacial score (nSPS) is 10.9. The van der Waals surface area contributed by atoms with E-state index in [4.69, 9.17) is 0 Å². The van der Waals surface area contributed by atoms with Gasteiger partial charge in [0.25, 0.3) is 0 Å². The molecular formula is C20H16O2. The molecule has 0 atom stereocenters. The standard InChI is InChI=1S/C20H16O2/c1-13(21)19(14(2)22)12-20-17-9-5-3-7-15(17)11-16-8-4-6-10-18(16)20/h3,5,7-11,19H,12H2,1-2H3. The average Bonchev–Trinajstić information content (AvgIpc) is 2.50. The summed E-state index contributed by atoms with van der Waals surface area (Å²) in [5, 5.41) is 4.28. The van der Waals surface area contributed by atoms with Gasteiger partial charge in [-0.3, -0.25) is 9.59 Å². The molecule has 3 aromatic carbocycles. The maximum absolute atomic E-state index is 11.8. The van der Waals surface area contributed by atoms with Crippen LogP contribution in [0, 0.1) is 18.1 Å². The Morgan fingerprint density at radius 2 is 1.64 bits per heavy atom. The van der Waals surface area contributed by atoms with Crippen molar-refractivity contribution < 1.29 is 9.59 Å². The van der Waals surface area contributed by atoms with Gasteiger partial charge >= 0.3 is 0 Å². The summed E-state index contributed by atoms with van der Waals surface area (Å²) in [6, 6.07) is 19.9. The highest BCUT2D eigenvalue weighted by Gasteiger charge is 2.22. The van der Waals surface area contributed by atoms with Crippen LogP contribution in [0.2, 0.25) is 0 Å². The lowest BCUT2D eigenvalue weighted by Gasteiger charge is -2.15. The number of carbonyl (C=O) groups is 2.